The van der Waals surface area contributed by atoms with Gasteiger partial charge in [-0.15, -0.1) is 0 Å². The molecule has 28 heavy (non-hydrogen) atoms. The summed E-state index contributed by atoms with van der Waals surface area (Å²) < 4.78 is 14.2. The maximum Gasteiger partial charge on any atom is 0.306 e. The van der Waals surface area contributed by atoms with Crippen LogP contribution in [0.1, 0.15) is 71.1 Å². The fraction of sp³-hybridized carbons (Fsp3) is 0.619. The average molecular weight is 472 g/mol. The third-order valence-electron chi connectivity index (χ3n) is 4.79. The van der Waals surface area contributed by atoms with Crippen molar-refractivity contribution in [2.75, 3.05) is 6.61 Å². The summed E-state index contributed by atoms with van der Waals surface area (Å²) in [4.78, 5) is 11.9. The van der Waals surface area contributed by atoms with E-state index < -0.39 is 5.60 Å². The Morgan fingerprint density at radius 3 is 2.86 bits per heavy atom. The Morgan fingerprint density at radius 1 is 1.39 bits per heavy atom. The van der Waals surface area contributed by atoms with Crippen LogP contribution in [-0.2, 0) is 20.7 Å². The van der Waals surface area contributed by atoms with Gasteiger partial charge in [0, 0.05) is 27.9 Å². The highest BCUT2D eigenvalue weighted by Crippen LogP contribution is 2.36. The predicted octanol–water partition coefficient (Wildman–Crippen LogP) is 6.21. The van der Waals surface area contributed by atoms with Gasteiger partial charge in [0.25, 0.3) is 0 Å². The molecule has 0 spiro atoms. The first-order chi connectivity index (χ1) is 13.3. The van der Waals surface area contributed by atoms with Crippen molar-refractivity contribution in [2.45, 2.75) is 77.5 Å². The quantitative estimate of drug-likeness (QED) is 0.371. The first kappa shape index (κ1) is 21.6. The van der Waals surface area contributed by atoms with Gasteiger partial charge in [0.15, 0.2) is 6.23 Å². The third kappa shape index (κ3) is 5.28. The van der Waals surface area contributed by atoms with Crippen molar-refractivity contribution in [1.29, 1.82) is 0 Å². The number of rotatable bonds is 6. The highest BCUT2D eigenvalue weighted by Gasteiger charge is 2.21. The van der Waals surface area contributed by atoms with Crippen molar-refractivity contribution in [3.63, 3.8) is 0 Å². The van der Waals surface area contributed by atoms with E-state index in [0.717, 1.165) is 66.1 Å². The summed E-state index contributed by atoms with van der Waals surface area (Å²) in [5, 5.41) is 6.32. The van der Waals surface area contributed by atoms with Crippen LogP contribution in [-0.4, -0.2) is 28.0 Å². The van der Waals surface area contributed by atoms with Gasteiger partial charge in [0.05, 0.1) is 11.7 Å². The van der Waals surface area contributed by atoms with Gasteiger partial charge in [-0.2, -0.15) is 5.10 Å². The molecule has 0 saturated carbocycles. The Kier molecular flexibility index (Phi) is 7.05. The summed E-state index contributed by atoms with van der Waals surface area (Å²) in [5.41, 5.74) is 1.61. The zero-order valence-electron chi connectivity index (χ0n) is 16.8. The van der Waals surface area contributed by atoms with Gasteiger partial charge in [-0.3, -0.25) is 4.79 Å². The summed E-state index contributed by atoms with van der Waals surface area (Å²) in [7, 11) is 0. The number of unbranched alkanes of at least 4 members (excludes halogenated alkanes) is 1. The molecule has 1 saturated heterocycles. The fourth-order valence-corrected chi connectivity index (χ4v) is 4.62. The van der Waals surface area contributed by atoms with Crippen molar-refractivity contribution in [1.82, 2.24) is 9.78 Å². The van der Waals surface area contributed by atoms with Gasteiger partial charge in [-0.25, -0.2) is 4.68 Å². The molecule has 0 bridgehead atoms. The molecule has 154 valence electrons. The lowest BCUT2D eigenvalue weighted by Crippen LogP contribution is -2.23. The smallest absolute Gasteiger partial charge is 0.306 e. The molecular formula is C21H28BrClN2O3. The number of esters is 1. The van der Waals surface area contributed by atoms with E-state index in [1.807, 2.05) is 37.7 Å². The van der Waals surface area contributed by atoms with E-state index in [1.165, 1.54) is 0 Å². The van der Waals surface area contributed by atoms with Crippen molar-refractivity contribution in [3.05, 3.63) is 27.3 Å². The van der Waals surface area contributed by atoms with Gasteiger partial charge >= 0.3 is 5.97 Å². The van der Waals surface area contributed by atoms with Gasteiger partial charge in [0.1, 0.15) is 5.60 Å². The second-order valence-corrected chi connectivity index (χ2v) is 9.49. The molecule has 1 aliphatic heterocycles. The first-order valence-corrected chi connectivity index (χ1v) is 11.1. The standard InChI is InChI=1S/C21H28BrClN2O3/c1-21(2,3)28-19(26)10-5-4-8-14-16(23)12-17-15(20(14)22)13-24-25(17)18-9-6-7-11-27-18/h12-13,18H,4-11H2,1-3H3. The summed E-state index contributed by atoms with van der Waals surface area (Å²) >= 11 is 10.3. The molecule has 1 atom stereocenters. The zero-order chi connectivity index (χ0) is 20.3. The highest BCUT2D eigenvalue weighted by molar-refractivity contribution is 9.10. The third-order valence-corrected chi connectivity index (χ3v) is 6.04. The molecule has 2 heterocycles. The van der Waals surface area contributed by atoms with Crippen molar-refractivity contribution in [3.8, 4) is 0 Å². The van der Waals surface area contributed by atoms with Gasteiger partial charge in [0.2, 0.25) is 0 Å². The summed E-state index contributed by atoms with van der Waals surface area (Å²) in [6.07, 6.45) is 7.93. The first-order valence-electron chi connectivity index (χ1n) is 9.94. The fourth-order valence-electron chi connectivity index (χ4n) is 3.50. The molecule has 0 amide bonds. The number of nitrogens with zero attached hydrogens (tertiary/aromatic N) is 2. The van der Waals surface area contributed by atoms with E-state index in [0.29, 0.717) is 11.4 Å². The molecular weight excluding hydrogens is 444 g/mol. The van der Waals surface area contributed by atoms with Crippen molar-refractivity contribution >= 4 is 44.4 Å². The molecule has 0 aliphatic carbocycles. The molecule has 0 radical (unpaired) electrons. The summed E-state index contributed by atoms with van der Waals surface area (Å²) in [6, 6.07) is 1.98. The number of carbonyl (C=O) groups excluding carboxylic acids is 1. The van der Waals surface area contributed by atoms with Crippen LogP contribution in [0.3, 0.4) is 0 Å². The normalized spacial score (nSPS) is 17.8. The minimum atomic E-state index is -0.434. The van der Waals surface area contributed by atoms with Crippen LogP contribution in [0, 0.1) is 0 Å². The largest absolute Gasteiger partial charge is 0.460 e. The van der Waals surface area contributed by atoms with Gasteiger partial charge in [-0.1, -0.05) is 11.6 Å². The van der Waals surface area contributed by atoms with E-state index in [-0.39, 0.29) is 12.2 Å². The monoisotopic (exact) mass is 470 g/mol. The zero-order valence-corrected chi connectivity index (χ0v) is 19.1. The number of carbonyl (C=O) groups is 1. The van der Waals surface area contributed by atoms with Crippen molar-refractivity contribution < 1.29 is 14.3 Å². The molecule has 1 aromatic heterocycles. The molecule has 1 fully saturated rings. The van der Waals surface area contributed by atoms with E-state index in [1.54, 1.807) is 0 Å². The van der Waals surface area contributed by atoms with E-state index in [2.05, 4.69) is 21.0 Å². The molecule has 1 unspecified atom stereocenters. The Bertz CT molecular complexity index is 838. The Morgan fingerprint density at radius 2 is 2.18 bits per heavy atom. The maximum absolute atomic E-state index is 11.9. The highest BCUT2D eigenvalue weighted by atomic mass is 79.9. The summed E-state index contributed by atoms with van der Waals surface area (Å²) in [5.74, 6) is -0.151. The van der Waals surface area contributed by atoms with Gasteiger partial charge < -0.3 is 9.47 Å². The molecule has 1 aromatic carbocycles. The van der Waals surface area contributed by atoms with Crippen molar-refractivity contribution in [2.24, 2.45) is 0 Å². The van der Waals surface area contributed by atoms with Crippen LogP contribution in [0.2, 0.25) is 5.02 Å². The van der Waals surface area contributed by atoms with E-state index in [4.69, 9.17) is 21.1 Å². The number of aromatic nitrogens is 2. The number of ether oxygens (including phenoxy) is 2. The van der Waals surface area contributed by atoms with Crippen LogP contribution < -0.4 is 0 Å². The molecule has 5 nitrogen and oxygen atoms in total. The van der Waals surface area contributed by atoms with E-state index >= 15 is 0 Å². The van der Waals surface area contributed by atoms with Crippen LogP contribution >= 0.6 is 27.5 Å². The second kappa shape index (κ2) is 9.14. The van der Waals surface area contributed by atoms with Crippen LogP contribution in [0.25, 0.3) is 10.9 Å². The number of halogens is 2. The number of hydrogen-bond donors (Lipinski definition) is 0. The maximum atomic E-state index is 11.9. The SMILES string of the molecule is CC(C)(C)OC(=O)CCCCc1c(Cl)cc2c(cnn2C2CCCCO2)c1Br. The molecule has 0 N–H and O–H groups in total. The Labute approximate surface area is 179 Å². The minimum Gasteiger partial charge on any atom is -0.460 e. The lowest BCUT2D eigenvalue weighted by molar-refractivity contribution is -0.154. The minimum absolute atomic E-state index is 0.0195. The van der Waals surface area contributed by atoms with Crippen LogP contribution in [0.15, 0.2) is 16.7 Å². The van der Waals surface area contributed by atoms with Crippen LogP contribution in [0.5, 0.6) is 0 Å². The number of fused-ring (bicyclic) bond motifs is 1. The second-order valence-electron chi connectivity index (χ2n) is 8.29. The van der Waals surface area contributed by atoms with E-state index in [9.17, 15) is 4.79 Å². The molecule has 7 heteroatoms. The molecule has 3 rings (SSSR count). The van der Waals surface area contributed by atoms with Crippen LogP contribution in [0.4, 0.5) is 0 Å². The number of benzene rings is 1. The molecule has 1 aliphatic rings. The molecule has 2 aromatic rings. The number of hydrogen-bond acceptors (Lipinski definition) is 4. The Balaban J connectivity index is 1.66. The average Bonchev–Trinajstić information content (AvgIpc) is 3.04. The van der Waals surface area contributed by atoms with Gasteiger partial charge in [-0.05, 0) is 86.9 Å². The lowest BCUT2D eigenvalue weighted by Gasteiger charge is -2.23. The summed E-state index contributed by atoms with van der Waals surface area (Å²) in [6.45, 7) is 6.43. The Hall–Kier alpha value is -1.11. The lowest BCUT2D eigenvalue weighted by atomic mass is 10.0. The predicted molar refractivity (Wildman–Crippen MR) is 115 cm³/mol. The topological polar surface area (TPSA) is 53.3 Å².